The minimum absolute atomic E-state index is 0.0237. The average Bonchev–Trinajstić information content (AvgIpc) is 3.23. The number of methoxy groups -OCH3 is 2. The summed E-state index contributed by atoms with van der Waals surface area (Å²) >= 11 is 0. The van der Waals surface area contributed by atoms with E-state index >= 15 is 0 Å². The lowest BCUT2D eigenvalue weighted by Crippen LogP contribution is -2.19. The number of hydrogen-bond donors (Lipinski definition) is 1. The summed E-state index contributed by atoms with van der Waals surface area (Å²) in [5.74, 6) is 0.480. The van der Waals surface area contributed by atoms with Crippen molar-refractivity contribution in [2.45, 2.75) is 6.54 Å². The van der Waals surface area contributed by atoms with E-state index in [-0.39, 0.29) is 18.5 Å². The highest BCUT2D eigenvalue weighted by Crippen LogP contribution is 2.22. The lowest BCUT2D eigenvalue weighted by atomic mass is 10.2. The monoisotopic (exact) mass is 344 g/mol. The molecule has 1 N–H and O–H groups in total. The molecule has 3 aromatic rings. The number of amides is 1. The summed E-state index contributed by atoms with van der Waals surface area (Å²) in [5, 5.41) is 14.7. The van der Waals surface area contributed by atoms with E-state index in [0.717, 1.165) is 0 Å². The molecular formula is C14H16N8O3. The lowest BCUT2D eigenvalue weighted by molar-refractivity contribution is -0.116. The van der Waals surface area contributed by atoms with Crippen LogP contribution in [0.15, 0.2) is 24.7 Å². The molecule has 130 valence electrons. The molecule has 0 aliphatic carbocycles. The molecule has 0 bridgehead atoms. The van der Waals surface area contributed by atoms with Gasteiger partial charge < -0.3 is 14.8 Å². The van der Waals surface area contributed by atoms with Gasteiger partial charge in [-0.2, -0.15) is 25.0 Å². The van der Waals surface area contributed by atoms with Gasteiger partial charge in [0, 0.05) is 24.9 Å². The Morgan fingerprint density at radius 1 is 1.20 bits per heavy atom. The van der Waals surface area contributed by atoms with Crippen LogP contribution in [-0.2, 0) is 18.4 Å². The summed E-state index contributed by atoms with van der Waals surface area (Å²) in [5.41, 5.74) is 1.27. The van der Waals surface area contributed by atoms with Gasteiger partial charge >= 0.3 is 6.01 Å². The Kier molecular flexibility index (Phi) is 4.55. The molecule has 11 heteroatoms. The second-order valence-corrected chi connectivity index (χ2v) is 4.98. The van der Waals surface area contributed by atoms with Gasteiger partial charge in [0.05, 0.1) is 32.3 Å². The van der Waals surface area contributed by atoms with Crippen LogP contribution < -0.4 is 14.8 Å². The number of ether oxygens (including phenoxy) is 2. The van der Waals surface area contributed by atoms with Gasteiger partial charge in [-0.05, 0) is 0 Å². The first-order chi connectivity index (χ1) is 12.1. The van der Waals surface area contributed by atoms with Crippen LogP contribution in [0.4, 0.5) is 5.82 Å². The highest BCUT2D eigenvalue weighted by molar-refractivity contribution is 5.89. The SMILES string of the molecule is COc1cc(-c2cnn(CC(=O)Nc3cnn(C)n3)c2)nc(OC)n1. The third-order valence-electron chi connectivity index (χ3n) is 3.18. The van der Waals surface area contributed by atoms with Crippen molar-refractivity contribution in [3.05, 3.63) is 24.7 Å². The van der Waals surface area contributed by atoms with Crippen LogP contribution >= 0.6 is 0 Å². The normalized spacial score (nSPS) is 10.5. The molecule has 3 heterocycles. The number of hydrogen-bond acceptors (Lipinski definition) is 8. The molecule has 0 fully saturated rings. The zero-order valence-corrected chi connectivity index (χ0v) is 13.9. The van der Waals surface area contributed by atoms with Gasteiger partial charge in [0.1, 0.15) is 6.54 Å². The maximum absolute atomic E-state index is 12.0. The van der Waals surface area contributed by atoms with Gasteiger partial charge in [-0.15, -0.1) is 5.10 Å². The van der Waals surface area contributed by atoms with Crippen molar-refractivity contribution >= 4 is 11.7 Å². The maximum Gasteiger partial charge on any atom is 0.320 e. The molecule has 0 aliphatic heterocycles. The standard InChI is InChI=1S/C14H16N8O3/c1-21-15-6-11(20-21)18-12(23)8-22-7-9(5-16-22)10-4-13(24-2)19-14(17-10)25-3/h4-7H,8H2,1-3H3,(H,18,20,23). The molecule has 3 rings (SSSR count). The molecule has 25 heavy (non-hydrogen) atoms. The quantitative estimate of drug-likeness (QED) is 0.669. The highest BCUT2D eigenvalue weighted by atomic mass is 16.5. The first kappa shape index (κ1) is 16.4. The predicted molar refractivity (Wildman–Crippen MR) is 86.0 cm³/mol. The Hall–Kier alpha value is -3.50. The van der Waals surface area contributed by atoms with Crippen LogP contribution in [0.1, 0.15) is 0 Å². The number of carbonyl (C=O) groups excluding carboxylic acids is 1. The first-order valence-electron chi connectivity index (χ1n) is 7.23. The molecule has 0 atom stereocenters. The topological polar surface area (TPSA) is 122 Å². The van der Waals surface area contributed by atoms with Gasteiger partial charge in [0.15, 0.2) is 5.82 Å². The minimum Gasteiger partial charge on any atom is -0.481 e. The second kappa shape index (κ2) is 6.95. The maximum atomic E-state index is 12.0. The third-order valence-corrected chi connectivity index (χ3v) is 3.18. The minimum atomic E-state index is -0.270. The zero-order valence-electron chi connectivity index (χ0n) is 13.9. The Labute approximate surface area is 142 Å². The average molecular weight is 344 g/mol. The van der Waals surface area contributed by atoms with Gasteiger partial charge in [-0.1, -0.05) is 0 Å². The molecule has 0 unspecified atom stereocenters. The van der Waals surface area contributed by atoms with Gasteiger partial charge in [0.25, 0.3) is 0 Å². The third kappa shape index (κ3) is 3.88. The van der Waals surface area contributed by atoms with Crippen molar-refractivity contribution in [1.29, 1.82) is 0 Å². The smallest absolute Gasteiger partial charge is 0.320 e. The number of aromatic nitrogens is 7. The molecule has 11 nitrogen and oxygen atoms in total. The molecule has 0 spiro atoms. The van der Waals surface area contributed by atoms with Crippen LogP contribution in [0, 0.1) is 0 Å². The first-order valence-corrected chi connectivity index (χ1v) is 7.23. The molecule has 0 radical (unpaired) electrons. The molecule has 0 saturated carbocycles. The highest BCUT2D eigenvalue weighted by Gasteiger charge is 2.11. The van der Waals surface area contributed by atoms with Crippen LogP contribution in [0.5, 0.6) is 11.9 Å². The van der Waals surface area contributed by atoms with E-state index in [9.17, 15) is 4.79 Å². The molecule has 1 amide bonds. The van der Waals surface area contributed by atoms with Gasteiger partial charge in [0.2, 0.25) is 11.8 Å². The van der Waals surface area contributed by atoms with Crippen molar-refractivity contribution in [3.63, 3.8) is 0 Å². The summed E-state index contributed by atoms with van der Waals surface area (Å²) in [6, 6.07) is 1.84. The summed E-state index contributed by atoms with van der Waals surface area (Å²) in [6.45, 7) is 0.0237. The summed E-state index contributed by atoms with van der Waals surface area (Å²) in [4.78, 5) is 21.7. The fourth-order valence-corrected chi connectivity index (χ4v) is 2.06. The predicted octanol–water partition coefficient (Wildman–Crippen LogP) is 0.124. The van der Waals surface area contributed by atoms with Crippen molar-refractivity contribution < 1.29 is 14.3 Å². The number of rotatable bonds is 6. The van der Waals surface area contributed by atoms with Crippen LogP contribution in [0.2, 0.25) is 0 Å². The fourth-order valence-electron chi connectivity index (χ4n) is 2.06. The summed E-state index contributed by atoms with van der Waals surface area (Å²) in [7, 11) is 4.64. The number of nitrogens with one attached hydrogen (secondary N) is 1. The Morgan fingerprint density at radius 3 is 2.72 bits per heavy atom. The Balaban J connectivity index is 1.73. The van der Waals surface area contributed by atoms with Crippen molar-refractivity contribution in [1.82, 2.24) is 34.7 Å². The molecule has 3 aromatic heterocycles. The Bertz CT molecular complexity index is 866. The number of anilines is 1. The summed E-state index contributed by atoms with van der Waals surface area (Å²) < 4.78 is 11.7. The zero-order chi connectivity index (χ0) is 17.8. The van der Waals surface area contributed by atoms with E-state index in [4.69, 9.17) is 9.47 Å². The molecular weight excluding hydrogens is 328 g/mol. The van der Waals surface area contributed by atoms with Crippen molar-refractivity contribution in [2.75, 3.05) is 19.5 Å². The second-order valence-electron chi connectivity index (χ2n) is 4.98. The van der Waals surface area contributed by atoms with E-state index in [1.807, 2.05) is 0 Å². The number of carbonyl (C=O) groups is 1. The van der Waals surface area contributed by atoms with Crippen molar-refractivity contribution in [3.8, 4) is 23.1 Å². The lowest BCUT2D eigenvalue weighted by Gasteiger charge is -2.04. The van der Waals surface area contributed by atoms with Gasteiger partial charge in [-0.25, -0.2) is 0 Å². The van der Waals surface area contributed by atoms with E-state index in [1.165, 1.54) is 29.9 Å². The summed E-state index contributed by atoms with van der Waals surface area (Å²) in [6.07, 6.45) is 4.75. The van der Waals surface area contributed by atoms with Gasteiger partial charge in [-0.3, -0.25) is 9.48 Å². The van der Waals surface area contributed by atoms with Crippen LogP contribution in [0.3, 0.4) is 0 Å². The number of aryl methyl sites for hydroxylation is 1. The van der Waals surface area contributed by atoms with E-state index in [1.54, 1.807) is 25.5 Å². The van der Waals surface area contributed by atoms with E-state index in [0.29, 0.717) is 23.0 Å². The molecule has 0 saturated heterocycles. The van der Waals surface area contributed by atoms with E-state index in [2.05, 4.69) is 30.6 Å². The van der Waals surface area contributed by atoms with E-state index < -0.39 is 0 Å². The van der Waals surface area contributed by atoms with Crippen LogP contribution in [-0.4, -0.2) is 54.9 Å². The molecule has 0 aromatic carbocycles. The fraction of sp³-hybridized carbons (Fsp3) is 0.286. The number of nitrogens with zero attached hydrogens (tertiary/aromatic N) is 7. The molecule has 0 aliphatic rings. The Morgan fingerprint density at radius 2 is 2.04 bits per heavy atom. The largest absolute Gasteiger partial charge is 0.481 e. The van der Waals surface area contributed by atoms with Crippen molar-refractivity contribution in [2.24, 2.45) is 7.05 Å². The van der Waals surface area contributed by atoms with Crippen LogP contribution in [0.25, 0.3) is 11.3 Å².